The molecule has 1 saturated carbocycles. The third kappa shape index (κ3) is 2.99. The monoisotopic (exact) mass is 186 g/mol. The molecule has 0 aromatic carbocycles. The van der Waals surface area contributed by atoms with Crippen molar-refractivity contribution in [1.29, 1.82) is 0 Å². The molecule has 1 rings (SSSR count). The van der Waals surface area contributed by atoms with E-state index in [1.54, 1.807) is 7.11 Å². The first kappa shape index (κ1) is 10.5. The van der Waals surface area contributed by atoms with Crippen molar-refractivity contribution < 1.29 is 14.3 Å². The number of ether oxygens (including phenoxy) is 2. The number of hydrogen-bond acceptors (Lipinski definition) is 3. The first-order valence-electron chi connectivity index (χ1n) is 4.83. The normalized spacial score (nSPS) is 27.1. The summed E-state index contributed by atoms with van der Waals surface area (Å²) in [6, 6.07) is 0. The van der Waals surface area contributed by atoms with Crippen LogP contribution in [0.4, 0.5) is 0 Å². The molecule has 0 spiro atoms. The lowest BCUT2D eigenvalue weighted by Gasteiger charge is -2.34. The third-order valence-corrected chi connectivity index (χ3v) is 2.35. The average molecular weight is 186 g/mol. The van der Waals surface area contributed by atoms with E-state index in [2.05, 4.69) is 0 Å². The van der Waals surface area contributed by atoms with Crippen LogP contribution in [0.2, 0.25) is 0 Å². The number of rotatable bonds is 4. The Bertz CT molecular complexity index is 171. The molecule has 1 aliphatic carbocycles. The van der Waals surface area contributed by atoms with E-state index in [0.29, 0.717) is 5.92 Å². The summed E-state index contributed by atoms with van der Waals surface area (Å²) in [5.74, 6) is 0.498. The van der Waals surface area contributed by atoms with Gasteiger partial charge in [-0.25, -0.2) is 0 Å². The van der Waals surface area contributed by atoms with E-state index in [0.717, 1.165) is 19.4 Å². The largest absolute Gasteiger partial charge is 0.462 e. The van der Waals surface area contributed by atoms with Gasteiger partial charge in [0.15, 0.2) is 0 Å². The fourth-order valence-corrected chi connectivity index (χ4v) is 1.44. The lowest BCUT2D eigenvalue weighted by Crippen LogP contribution is -2.36. The van der Waals surface area contributed by atoms with E-state index >= 15 is 0 Å². The number of hydrogen-bond donors (Lipinski definition) is 0. The molecule has 0 atom stereocenters. The molecule has 0 bridgehead atoms. The summed E-state index contributed by atoms with van der Waals surface area (Å²) in [7, 11) is 1.70. The lowest BCUT2D eigenvalue weighted by atomic mass is 9.83. The highest BCUT2D eigenvalue weighted by molar-refractivity contribution is 5.71. The predicted molar refractivity (Wildman–Crippen MR) is 49.3 cm³/mol. The third-order valence-electron chi connectivity index (χ3n) is 2.35. The molecule has 1 fully saturated rings. The first-order chi connectivity index (χ1) is 6.13. The van der Waals surface area contributed by atoms with E-state index < -0.39 is 0 Å². The van der Waals surface area contributed by atoms with Gasteiger partial charge >= 0.3 is 5.97 Å². The highest BCUT2D eigenvalue weighted by atomic mass is 16.5. The molecule has 0 unspecified atom stereocenters. The van der Waals surface area contributed by atoms with Crippen LogP contribution >= 0.6 is 0 Å². The lowest BCUT2D eigenvalue weighted by molar-refractivity contribution is -0.160. The summed E-state index contributed by atoms with van der Waals surface area (Å²) < 4.78 is 10.2. The molecule has 3 nitrogen and oxygen atoms in total. The second-order valence-corrected chi connectivity index (χ2v) is 4.01. The highest BCUT2D eigenvalue weighted by Crippen LogP contribution is 2.30. The van der Waals surface area contributed by atoms with Crippen molar-refractivity contribution in [3.8, 4) is 0 Å². The summed E-state index contributed by atoms with van der Waals surface area (Å²) in [4.78, 5) is 11.2. The van der Waals surface area contributed by atoms with Gasteiger partial charge in [0.25, 0.3) is 0 Å². The van der Waals surface area contributed by atoms with E-state index in [9.17, 15) is 4.79 Å². The fourth-order valence-electron chi connectivity index (χ4n) is 1.44. The van der Waals surface area contributed by atoms with Gasteiger partial charge in [-0.15, -0.1) is 0 Å². The summed E-state index contributed by atoms with van der Waals surface area (Å²) in [5.41, 5.74) is 0. The summed E-state index contributed by atoms with van der Waals surface area (Å²) in [6.07, 6.45) is 2.08. The molecular weight excluding hydrogens is 168 g/mol. The molecule has 1 aliphatic rings. The van der Waals surface area contributed by atoms with Crippen LogP contribution in [-0.4, -0.2) is 25.8 Å². The fraction of sp³-hybridized carbons (Fsp3) is 0.900. The van der Waals surface area contributed by atoms with Crippen LogP contribution in [-0.2, 0) is 14.3 Å². The summed E-state index contributed by atoms with van der Waals surface area (Å²) in [5, 5.41) is 0. The Morgan fingerprint density at radius 1 is 1.46 bits per heavy atom. The van der Waals surface area contributed by atoms with Crippen molar-refractivity contribution in [3.63, 3.8) is 0 Å². The van der Waals surface area contributed by atoms with Crippen LogP contribution in [0.25, 0.3) is 0 Å². The van der Waals surface area contributed by atoms with Crippen molar-refractivity contribution in [2.45, 2.75) is 32.8 Å². The van der Waals surface area contributed by atoms with Crippen LogP contribution in [0.3, 0.4) is 0 Å². The Balaban J connectivity index is 2.11. The minimum Gasteiger partial charge on any atom is -0.462 e. The molecule has 13 heavy (non-hydrogen) atoms. The smallest absolute Gasteiger partial charge is 0.308 e. The zero-order chi connectivity index (χ0) is 9.84. The van der Waals surface area contributed by atoms with Crippen molar-refractivity contribution in [1.82, 2.24) is 0 Å². The summed E-state index contributed by atoms with van der Waals surface area (Å²) in [6.45, 7) is 4.50. The number of methoxy groups -OCH3 is 1. The Kier molecular flexibility index (Phi) is 3.72. The van der Waals surface area contributed by atoms with Crippen LogP contribution in [0.1, 0.15) is 26.7 Å². The number of carbonyl (C=O) groups is 1. The maximum atomic E-state index is 11.2. The molecule has 0 N–H and O–H groups in total. The molecular formula is C10H18O3. The molecule has 0 radical (unpaired) electrons. The predicted octanol–water partition coefficient (Wildman–Crippen LogP) is 1.61. The Labute approximate surface area is 79.4 Å². The Morgan fingerprint density at radius 3 is 2.54 bits per heavy atom. The molecule has 0 aromatic rings. The van der Waals surface area contributed by atoms with Gasteiger partial charge in [-0.1, -0.05) is 13.8 Å². The van der Waals surface area contributed by atoms with Gasteiger partial charge in [0.1, 0.15) is 6.10 Å². The van der Waals surface area contributed by atoms with Crippen molar-refractivity contribution in [3.05, 3.63) is 0 Å². The van der Waals surface area contributed by atoms with Crippen molar-refractivity contribution in [2.75, 3.05) is 13.7 Å². The molecule has 3 heteroatoms. The average Bonchev–Trinajstić information content (AvgIpc) is 2.00. The van der Waals surface area contributed by atoms with Gasteiger partial charge in [-0.05, 0) is 18.8 Å². The molecule has 0 saturated heterocycles. The zero-order valence-corrected chi connectivity index (χ0v) is 8.58. The first-order valence-corrected chi connectivity index (χ1v) is 4.83. The van der Waals surface area contributed by atoms with Crippen LogP contribution < -0.4 is 0 Å². The minimum absolute atomic E-state index is 0.0125. The molecule has 0 aliphatic heterocycles. The molecule has 76 valence electrons. The van der Waals surface area contributed by atoms with Gasteiger partial charge < -0.3 is 9.47 Å². The van der Waals surface area contributed by atoms with Crippen molar-refractivity contribution >= 4 is 5.97 Å². The van der Waals surface area contributed by atoms with Crippen LogP contribution in [0.5, 0.6) is 0 Å². The Hall–Kier alpha value is -0.570. The number of carbonyl (C=O) groups excluding carboxylic acids is 1. The van der Waals surface area contributed by atoms with E-state index in [1.165, 1.54) is 0 Å². The van der Waals surface area contributed by atoms with Crippen LogP contribution in [0.15, 0.2) is 0 Å². The minimum atomic E-state index is -0.0825. The maximum Gasteiger partial charge on any atom is 0.308 e. The van der Waals surface area contributed by atoms with Gasteiger partial charge in [0.05, 0.1) is 5.92 Å². The molecule has 0 aromatic heterocycles. The molecule has 0 amide bonds. The second kappa shape index (κ2) is 4.61. The Morgan fingerprint density at radius 2 is 2.08 bits per heavy atom. The van der Waals surface area contributed by atoms with Gasteiger partial charge in [0.2, 0.25) is 0 Å². The van der Waals surface area contributed by atoms with Gasteiger partial charge in [-0.2, -0.15) is 0 Å². The zero-order valence-electron chi connectivity index (χ0n) is 8.58. The quantitative estimate of drug-likeness (QED) is 0.626. The van der Waals surface area contributed by atoms with E-state index in [4.69, 9.17) is 9.47 Å². The van der Waals surface area contributed by atoms with E-state index in [-0.39, 0.29) is 18.0 Å². The number of esters is 1. The highest BCUT2D eigenvalue weighted by Gasteiger charge is 2.32. The van der Waals surface area contributed by atoms with E-state index in [1.807, 2.05) is 13.8 Å². The van der Waals surface area contributed by atoms with Crippen LogP contribution in [0, 0.1) is 11.8 Å². The van der Waals surface area contributed by atoms with Gasteiger partial charge in [0, 0.05) is 13.7 Å². The summed E-state index contributed by atoms with van der Waals surface area (Å²) >= 11 is 0. The standard InChI is InChI=1S/C10H18O3/c1-7(2)10(11)13-9-4-8(5-9)6-12-3/h7-9H,4-6H2,1-3H3. The second-order valence-electron chi connectivity index (χ2n) is 4.01. The SMILES string of the molecule is COCC1CC(OC(=O)C(C)C)C1. The van der Waals surface area contributed by atoms with Gasteiger partial charge in [-0.3, -0.25) is 4.79 Å². The topological polar surface area (TPSA) is 35.5 Å². The molecule has 0 heterocycles. The maximum absolute atomic E-state index is 11.2. The van der Waals surface area contributed by atoms with Crippen molar-refractivity contribution in [2.24, 2.45) is 11.8 Å².